The number of fused-ring (bicyclic) bond motifs is 4. The van der Waals surface area contributed by atoms with E-state index in [1.165, 1.54) is 11.3 Å². The summed E-state index contributed by atoms with van der Waals surface area (Å²) in [6.07, 6.45) is 1.01. The van der Waals surface area contributed by atoms with Gasteiger partial charge in [0.25, 0.3) is 0 Å². The highest BCUT2D eigenvalue weighted by molar-refractivity contribution is 7.89. The van der Waals surface area contributed by atoms with E-state index in [9.17, 15) is 8.42 Å². The Morgan fingerprint density at radius 1 is 1.22 bits per heavy atom. The van der Waals surface area contributed by atoms with Gasteiger partial charge in [0.1, 0.15) is 17.6 Å². The SMILES string of the molecule is CC12CCNCC1Oc1ccc(OS(=O)(=O)c3cc4ccccc4s3)cc12. The minimum atomic E-state index is -3.88. The topological polar surface area (TPSA) is 64.6 Å². The van der Waals surface area contributed by atoms with Crippen molar-refractivity contribution in [2.75, 3.05) is 13.1 Å². The molecule has 0 spiro atoms. The highest BCUT2D eigenvalue weighted by Gasteiger charge is 2.46. The summed E-state index contributed by atoms with van der Waals surface area (Å²) in [5, 5.41) is 4.25. The number of benzene rings is 2. The molecule has 1 N–H and O–H groups in total. The lowest BCUT2D eigenvalue weighted by Crippen LogP contribution is -2.49. The number of hydrogen-bond acceptors (Lipinski definition) is 6. The Kier molecular flexibility index (Phi) is 3.76. The monoisotopic (exact) mass is 401 g/mol. The van der Waals surface area contributed by atoms with E-state index in [2.05, 4.69) is 12.2 Å². The van der Waals surface area contributed by atoms with Gasteiger partial charge >= 0.3 is 10.1 Å². The maximum atomic E-state index is 12.8. The molecule has 2 aromatic carbocycles. The molecule has 0 radical (unpaired) electrons. The van der Waals surface area contributed by atoms with Crippen molar-refractivity contribution in [2.45, 2.75) is 29.1 Å². The highest BCUT2D eigenvalue weighted by Crippen LogP contribution is 2.47. The predicted molar refractivity (Wildman–Crippen MR) is 105 cm³/mol. The van der Waals surface area contributed by atoms with E-state index in [0.717, 1.165) is 40.9 Å². The van der Waals surface area contributed by atoms with Gasteiger partial charge in [-0.1, -0.05) is 25.1 Å². The number of thiophene rings is 1. The maximum absolute atomic E-state index is 12.8. The van der Waals surface area contributed by atoms with Crippen LogP contribution in [0, 0.1) is 0 Å². The Hall–Kier alpha value is -2.09. The minimum absolute atomic E-state index is 0.0655. The van der Waals surface area contributed by atoms with Crippen LogP contribution >= 0.6 is 11.3 Å². The van der Waals surface area contributed by atoms with Crippen molar-refractivity contribution in [2.24, 2.45) is 0 Å². The van der Waals surface area contributed by atoms with Gasteiger partial charge in [-0.15, -0.1) is 11.3 Å². The number of hydrogen-bond donors (Lipinski definition) is 1. The summed E-state index contributed by atoms with van der Waals surface area (Å²) in [6.45, 7) is 3.89. The molecule has 0 bridgehead atoms. The van der Waals surface area contributed by atoms with Gasteiger partial charge in [-0.05, 0) is 48.7 Å². The van der Waals surface area contributed by atoms with Crippen LogP contribution in [0.15, 0.2) is 52.7 Å². The molecule has 0 amide bonds. The van der Waals surface area contributed by atoms with Crippen molar-refractivity contribution in [3.05, 3.63) is 54.1 Å². The fourth-order valence-corrected chi connectivity index (χ4v) is 6.24. The van der Waals surface area contributed by atoms with Gasteiger partial charge in [-0.25, -0.2) is 0 Å². The van der Waals surface area contributed by atoms with Crippen molar-refractivity contribution in [3.63, 3.8) is 0 Å². The summed E-state index contributed by atoms with van der Waals surface area (Å²) < 4.78 is 38.2. The first-order chi connectivity index (χ1) is 13.0. The molecule has 0 saturated carbocycles. The van der Waals surface area contributed by atoms with Crippen LogP contribution in [0.2, 0.25) is 0 Å². The van der Waals surface area contributed by atoms with Gasteiger partial charge in [0.2, 0.25) is 0 Å². The third-order valence-corrected chi connectivity index (χ3v) is 8.35. The van der Waals surface area contributed by atoms with Gasteiger partial charge in [-0.2, -0.15) is 8.42 Å². The van der Waals surface area contributed by atoms with Crippen molar-refractivity contribution < 1.29 is 17.3 Å². The number of nitrogens with one attached hydrogen (secondary N) is 1. The van der Waals surface area contributed by atoms with Crippen LogP contribution in [0.5, 0.6) is 11.5 Å². The van der Waals surface area contributed by atoms with Gasteiger partial charge in [-0.3, -0.25) is 0 Å². The molecule has 1 fully saturated rings. The molecule has 3 aromatic rings. The van der Waals surface area contributed by atoms with E-state index in [4.69, 9.17) is 8.92 Å². The average molecular weight is 402 g/mol. The highest BCUT2D eigenvalue weighted by atomic mass is 32.3. The predicted octanol–water partition coefficient (Wildman–Crippen LogP) is 3.68. The summed E-state index contributed by atoms with van der Waals surface area (Å²) in [5.74, 6) is 1.15. The largest absolute Gasteiger partial charge is 0.488 e. The number of piperidine rings is 1. The van der Waals surface area contributed by atoms with Gasteiger partial charge in [0.15, 0.2) is 4.21 Å². The Balaban J connectivity index is 1.49. The Morgan fingerprint density at radius 3 is 2.93 bits per heavy atom. The molecule has 5 rings (SSSR count). The van der Waals surface area contributed by atoms with Crippen LogP contribution in [-0.4, -0.2) is 27.6 Å². The quantitative estimate of drug-likeness (QED) is 0.678. The Morgan fingerprint density at radius 2 is 2.07 bits per heavy atom. The second-order valence-electron chi connectivity index (χ2n) is 7.28. The molecule has 140 valence electrons. The molecule has 27 heavy (non-hydrogen) atoms. The third kappa shape index (κ3) is 2.72. The van der Waals surface area contributed by atoms with Gasteiger partial charge in [0, 0.05) is 22.2 Å². The van der Waals surface area contributed by atoms with Crippen LogP contribution in [0.1, 0.15) is 18.9 Å². The van der Waals surface area contributed by atoms with Gasteiger partial charge in [0.05, 0.1) is 0 Å². The fraction of sp³-hybridized carbons (Fsp3) is 0.300. The summed E-state index contributed by atoms with van der Waals surface area (Å²) in [5.41, 5.74) is 0.902. The molecule has 5 nitrogen and oxygen atoms in total. The summed E-state index contributed by atoms with van der Waals surface area (Å²) in [4.78, 5) is 0. The van der Waals surface area contributed by atoms with E-state index in [-0.39, 0.29) is 15.7 Å². The molecule has 7 heteroatoms. The zero-order valence-corrected chi connectivity index (χ0v) is 16.4. The first-order valence-corrected chi connectivity index (χ1v) is 11.1. The second-order valence-corrected chi connectivity index (χ2v) is 10.1. The number of rotatable bonds is 3. The fourth-order valence-electron chi connectivity index (χ4n) is 3.96. The van der Waals surface area contributed by atoms with Crippen molar-refractivity contribution in [3.8, 4) is 11.5 Å². The zero-order valence-electron chi connectivity index (χ0n) is 14.8. The minimum Gasteiger partial charge on any atom is -0.488 e. The van der Waals surface area contributed by atoms with Crippen LogP contribution in [0.3, 0.4) is 0 Å². The molecule has 2 unspecified atom stereocenters. The van der Waals surface area contributed by atoms with Crippen molar-refractivity contribution >= 4 is 31.5 Å². The van der Waals surface area contributed by atoms with Gasteiger partial charge < -0.3 is 14.2 Å². The van der Waals surface area contributed by atoms with Crippen molar-refractivity contribution in [1.29, 1.82) is 0 Å². The van der Waals surface area contributed by atoms with Crippen LogP contribution in [0.25, 0.3) is 10.1 Å². The molecule has 1 saturated heterocycles. The molecule has 2 atom stereocenters. The van der Waals surface area contributed by atoms with E-state index >= 15 is 0 Å². The Labute approximate surface area is 162 Å². The lowest BCUT2D eigenvalue weighted by Gasteiger charge is -2.35. The van der Waals surface area contributed by atoms with Crippen LogP contribution < -0.4 is 14.2 Å². The molecule has 3 heterocycles. The van der Waals surface area contributed by atoms with E-state index in [1.807, 2.05) is 36.4 Å². The number of ether oxygens (including phenoxy) is 1. The van der Waals surface area contributed by atoms with E-state index in [0.29, 0.717) is 5.75 Å². The van der Waals surface area contributed by atoms with Crippen LogP contribution in [0.4, 0.5) is 0 Å². The third-order valence-electron chi connectivity index (χ3n) is 5.55. The molecule has 2 aliphatic rings. The maximum Gasteiger partial charge on any atom is 0.348 e. The molecule has 2 aliphatic heterocycles. The lowest BCUT2D eigenvalue weighted by molar-refractivity contribution is 0.124. The molecular weight excluding hydrogens is 382 g/mol. The summed E-state index contributed by atoms with van der Waals surface area (Å²) >= 11 is 1.22. The first-order valence-electron chi connectivity index (χ1n) is 8.91. The molecule has 0 aliphatic carbocycles. The summed E-state index contributed by atoms with van der Waals surface area (Å²) in [6, 6.07) is 14.6. The second kappa shape index (κ2) is 5.95. The first kappa shape index (κ1) is 17.0. The Bertz CT molecular complexity index is 1100. The lowest BCUT2D eigenvalue weighted by atomic mass is 9.74. The van der Waals surface area contributed by atoms with Crippen molar-refractivity contribution in [1.82, 2.24) is 5.32 Å². The van der Waals surface area contributed by atoms with E-state index < -0.39 is 10.1 Å². The van der Waals surface area contributed by atoms with Crippen LogP contribution in [-0.2, 0) is 15.5 Å². The average Bonchev–Trinajstić information content (AvgIpc) is 3.21. The normalized spacial score (nSPS) is 24.3. The molecular formula is C20H19NO4S2. The summed E-state index contributed by atoms with van der Waals surface area (Å²) in [7, 11) is -3.88. The zero-order chi connectivity index (χ0) is 18.6. The molecule has 1 aromatic heterocycles. The standard InChI is InChI=1S/C20H19NO4S2/c1-20-8-9-21-12-18(20)24-16-7-6-14(11-15(16)20)25-27(22,23)19-10-13-4-2-3-5-17(13)26-19/h2-7,10-11,18,21H,8-9,12H2,1H3. The smallest absolute Gasteiger partial charge is 0.348 e. The van der Waals surface area contributed by atoms with E-state index in [1.54, 1.807) is 12.1 Å².